The summed E-state index contributed by atoms with van der Waals surface area (Å²) in [6, 6.07) is 6.84. The first kappa shape index (κ1) is 14.1. The largest absolute Gasteiger partial charge is 0.497 e. The van der Waals surface area contributed by atoms with Crippen LogP contribution in [0.1, 0.15) is 12.0 Å². The lowest BCUT2D eigenvalue weighted by Gasteiger charge is -2.31. The van der Waals surface area contributed by atoms with Gasteiger partial charge >= 0.3 is 5.97 Å². The summed E-state index contributed by atoms with van der Waals surface area (Å²) >= 11 is 0. The zero-order chi connectivity index (χ0) is 14.5. The molecular formula is C15H17NO4. The Morgan fingerprint density at radius 2 is 2.00 bits per heavy atom. The van der Waals surface area contributed by atoms with Crippen molar-refractivity contribution in [2.75, 3.05) is 14.2 Å². The Bertz CT molecular complexity index is 521. The van der Waals surface area contributed by atoms with Crippen LogP contribution < -0.4 is 4.74 Å². The number of rotatable bonds is 4. The summed E-state index contributed by atoms with van der Waals surface area (Å²) in [6.07, 6.45) is 3.67. The monoisotopic (exact) mass is 275 g/mol. The fraction of sp³-hybridized carbons (Fsp3) is 0.333. The van der Waals surface area contributed by atoms with Crippen LogP contribution in [0.25, 0.3) is 0 Å². The molecule has 0 spiro atoms. The molecule has 1 aliphatic rings. The molecule has 20 heavy (non-hydrogen) atoms. The number of esters is 1. The highest BCUT2D eigenvalue weighted by atomic mass is 16.5. The van der Waals surface area contributed by atoms with E-state index in [9.17, 15) is 9.59 Å². The smallest absolute Gasteiger partial charge is 0.328 e. The Balaban J connectivity index is 2.16. The molecule has 1 heterocycles. The van der Waals surface area contributed by atoms with Crippen molar-refractivity contribution in [3.8, 4) is 5.75 Å². The lowest BCUT2D eigenvalue weighted by Crippen LogP contribution is -2.46. The minimum atomic E-state index is -0.556. The maximum Gasteiger partial charge on any atom is 0.328 e. The zero-order valence-corrected chi connectivity index (χ0v) is 11.5. The fourth-order valence-electron chi connectivity index (χ4n) is 2.15. The molecule has 5 nitrogen and oxygen atoms in total. The minimum Gasteiger partial charge on any atom is -0.497 e. The van der Waals surface area contributed by atoms with Crippen molar-refractivity contribution in [2.24, 2.45) is 0 Å². The van der Waals surface area contributed by atoms with E-state index in [1.807, 2.05) is 24.3 Å². The van der Waals surface area contributed by atoms with Crippen LogP contribution in [-0.2, 0) is 20.9 Å². The molecule has 0 saturated heterocycles. The first-order chi connectivity index (χ1) is 9.65. The summed E-state index contributed by atoms with van der Waals surface area (Å²) in [5.74, 6) is 0.182. The summed E-state index contributed by atoms with van der Waals surface area (Å²) in [5.41, 5.74) is 0.934. The van der Waals surface area contributed by atoms with Crippen LogP contribution >= 0.6 is 0 Å². The molecule has 106 valence electrons. The summed E-state index contributed by atoms with van der Waals surface area (Å²) in [5, 5.41) is 0. The summed E-state index contributed by atoms with van der Waals surface area (Å²) in [4.78, 5) is 25.2. The number of carbonyl (C=O) groups excluding carboxylic acids is 2. The zero-order valence-electron chi connectivity index (χ0n) is 11.5. The van der Waals surface area contributed by atoms with Crippen molar-refractivity contribution in [1.82, 2.24) is 4.90 Å². The van der Waals surface area contributed by atoms with Gasteiger partial charge in [0.05, 0.1) is 14.2 Å². The maximum atomic E-state index is 12.0. The van der Waals surface area contributed by atoms with Gasteiger partial charge in [-0.3, -0.25) is 4.79 Å². The Labute approximate surface area is 117 Å². The summed E-state index contributed by atoms with van der Waals surface area (Å²) in [6.45, 7) is 0.368. The van der Waals surface area contributed by atoms with Crippen LogP contribution in [0.2, 0.25) is 0 Å². The van der Waals surface area contributed by atoms with Crippen LogP contribution in [0.15, 0.2) is 36.4 Å². The van der Waals surface area contributed by atoms with Crippen LogP contribution in [0.4, 0.5) is 0 Å². The van der Waals surface area contributed by atoms with Crippen molar-refractivity contribution in [3.63, 3.8) is 0 Å². The molecular weight excluding hydrogens is 258 g/mol. The quantitative estimate of drug-likeness (QED) is 0.782. The van der Waals surface area contributed by atoms with Gasteiger partial charge in [0.2, 0.25) is 5.91 Å². The van der Waals surface area contributed by atoms with E-state index < -0.39 is 12.0 Å². The Morgan fingerprint density at radius 3 is 2.60 bits per heavy atom. The molecule has 2 rings (SSSR count). The van der Waals surface area contributed by atoms with Crippen molar-refractivity contribution in [2.45, 2.75) is 19.0 Å². The molecule has 0 saturated carbocycles. The molecule has 1 aromatic carbocycles. The van der Waals surface area contributed by atoms with Gasteiger partial charge in [-0.25, -0.2) is 4.79 Å². The van der Waals surface area contributed by atoms with Crippen molar-refractivity contribution < 1.29 is 19.1 Å². The number of methoxy groups -OCH3 is 2. The molecule has 0 N–H and O–H groups in total. The average molecular weight is 275 g/mol. The molecule has 0 radical (unpaired) electrons. The lowest BCUT2D eigenvalue weighted by atomic mass is 10.1. The van der Waals surface area contributed by atoms with E-state index in [-0.39, 0.29) is 5.91 Å². The summed E-state index contributed by atoms with van der Waals surface area (Å²) in [7, 11) is 2.93. The number of ether oxygens (including phenoxy) is 2. The first-order valence-electron chi connectivity index (χ1n) is 6.33. The second kappa shape index (κ2) is 6.23. The van der Waals surface area contributed by atoms with Crippen molar-refractivity contribution in [1.29, 1.82) is 0 Å². The van der Waals surface area contributed by atoms with Gasteiger partial charge in [-0.2, -0.15) is 0 Å². The number of hydrogen-bond acceptors (Lipinski definition) is 4. The number of hydrogen-bond donors (Lipinski definition) is 0. The Morgan fingerprint density at radius 1 is 1.30 bits per heavy atom. The SMILES string of the molecule is COC(=O)[C@H]1CC=CC(=O)N1Cc1ccc(OC)cc1. The molecule has 1 aliphatic heterocycles. The lowest BCUT2D eigenvalue weighted by molar-refractivity contribution is -0.152. The molecule has 0 aliphatic carbocycles. The molecule has 1 amide bonds. The number of amides is 1. The van der Waals surface area contributed by atoms with Gasteiger partial charge in [-0.05, 0) is 30.2 Å². The number of carbonyl (C=O) groups is 2. The molecule has 1 aromatic rings. The van der Waals surface area contributed by atoms with E-state index in [0.717, 1.165) is 11.3 Å². The third-order valence-electron chi connectivity index (χ3n) is 3.26. The van der Waals surface area contributed by atoms with Crippen LogP contribution in [0, 0.1) is 0 Å². The van der Waals surface area contributed by atoms with Crippen LogP contribution in [0.3, 0.4) is 0 Å². The molecule has 5 heteroatoms. The second-order valence-corrected chi connectivity index (χ2v) is 4.49. The molecule has 0 aromatic heterocycles. The summed E-state index contributed by atoms with van der Waals surface area (Å²) < 4.78 is 9.85. The predicted molar refractivity (Wildman–Crippen MR) is 73.1 cm³/mol. The molecule has 0 bridgehead atoms. The second-order valence-electron chi connectivity index (χ2n) is 4.49. The van der Waals surface area contributed by atoms with Gasteiger partial charge in [0.1, 0.15) is 11.8 Å². The van der Waals surface area contributed by atoms with E-state index in [4.69, 9.17) is 9.47 Å². The van der Waals surface area contributed by atoms with Gasteiger partial charge in [0.15, 0.2) is 0 Å². The fourth-order valence-corrected chi connectivity index (χ4v) is 2.15. The van der Waals surface area contributed by atoms with Gasteiger partial charge in [-0.1, -0.05) is 18.2 Å². The van der Waals surface area contributed by atoms with Crippen LogP contribution in [-0.4, -0.2) is 37.0 Å². The highest BCUT2D eigenvalue weighted by Crippen LogP contribution is 2.19. The van der Waals surface area contributed by atoms with Crippen molar-refractivity contribution in [3.05, 3.63) is 42.0 Å². The van der Waals surface area contributed by atoms with E-state index in [1.165, 1.54) is 18.1 Å². The average Bonchev–Trinajstić information content (AvgIpc) is 2.49. The number of nitrogens with zero attached hydrogens (tertiary/aromatic N) is 1. The Hall–Kier alpha value is -2.30. The van der Waals surface area contributed by atoms with Gasteiger partial charge in [-0.15, -0.1) is 0 Å². The number of benzene rings is 1. The third-order valence-corrected chi connectivity index (χ3v) is 3.26. The normalized spacial score (nSPS) is 18.0. The van der Waals surface area contributed by atoms with Crippen LogP contribution in [0.5, 0.6) is 5.75 Å². The third kappa shape index (κ3) is 2.99. The highest BCUT2D eigenvalue weighted by molar-refractivity contribution is 5.93. The van der Waals surface area contributed by atoms with E-state index in [1.54, 1.807) is 13.2 Å². The molecule has 0 fully saturated rings. The van der Waals surface area contributed by atoms with E-state index in [0.29, 0.717) is 13.0 Å². The topological polar surface area (TPSA) is 55.8 Å². The van der Waals surface area contributed by atoms with Crippen molar-refractivity contribution >= 4 is 11.9 Å². The predicted octanol–water partition coefficient (Wildman–Crippen LogP) is 1.53. The molecule has 0 unspecified atom stereocenters. The minimum absolute atomic E-state index is 0.178. The highest BCUT2D eigenvalue weighted by Gasteiger charge is 2.31. The van der Waals surface area contributed by atoms with Gasteiger partial charge in [0.25, 0.3) is 0 Å². The van der Waals surface area contributed by atoms with Gasteiger partial charge in [0, 0.05) is 6.54 Å². The first-order valence-corrected chi connectivity index (χ1v) is 6.33. The van der Waals surface area contributed by atoms with E-state index >= 15 is 0 Å². The van der Waals surface area contributed by atoms with Gasteiger partial charge < -0.3 is 14.4 Å². The molecule has 1 atom stereocenters. The van der Waals surface area contributed by atoms with E-state index in [2.05, 4.69) is 0 Å². The Kier molecular flexibility index (Phi) is 4.40. The maximum absolute atomic E-state index is 12.0. The standard InChI is InChI=1S/C15H17NO4/c1-19-12-8-6-11(7-9-12)10-16-13(15(18)20-2)4-3-5-14(16)17/h3,5-9,13H,4,10H2,1-2H3/t13-/m1/s1.